The van der Waals surface area contributed by atoms with Crippen LogP contribution in [0.2, 0.25) is 0 Å². The van der Waals surface area contributed by atoms with Gasteiger partial charge in [-0.25, -0.2) is 15.0 Å². The molecule has 34 heavy (non-hydrogen) atoms. The van der Waals surface area contributed by atoms with Crippen molar-refractivity contribution in [3.63, 3.8) is 0 Å². The van der Waals surface area contributed by atoms with Crippen LogP contribution < -0.4 is 10.5 Å². The van der Waals surface area contributed by atoms with Crippen molar-refractivity contribution in [3.8, 4) is 5.75 Å². The molecule has 0 fully saturated rings. The molecule has 9 heteroatoms. The quantitative estimate of drug-likeness (QED) is 0.359. The fourth-order valence-corrected chi connectivity index (χ4v) is 4.54. The number of anilines is 1. The molecule has 1 atom stereocenters. The monoisotopic (exact) mass is 566 g/mol. The molecule has 3 aromatic heterocycles. The van der Waals surface area contributed by atoms with E-state index in [9.17, 15) is 4.79 Å². The van der Waals surface area contributed by atoms with Crippen LogP contribution in [0.4, 0.5) is 5.82 Å². The first-order valence-corrected chi connectivity index (χ1v) is 12.1. The minimum Gasteiger partial charge on any atom is -0.492 e. The first kappa shape index (κ1) is 22.5. The summed E-state index contributed by atoms with van der Waals surface area (Å²) < 4.78 is 6.54. The molecule has 5 rings (SSSR count). The van der Waals surface area contributed by atoms with Crippen molar-refractivity contribution in [2.75, 3.05) is 12.3 Å². The second-order valence-corrected chi connectivity index (χ2v) is 9.38. The fourth-order valence-electron chi connectivity index (χ4n) is 4.08. The normalized spacial score (nSPS) is 13.7. The van der Waals surface area contributed by atoms with E-state index in [0.29, 0.717) is 30.4 Å². The molecule has 1 aromatic carbocycles. The molecule has 0 radical (unpaired) electrons. The van der Waals surface area contributed by atoms with Crippen molar-refractivity contribution in [3.05, 3.63) is 81.2 Å². The first-order valence-electron chi connectivity index (χ1n) is 11.0. The largest absolute Gasteiger partial charge is 0.492 e. The Labute approximate surface area is 210 Å². The summed E-state index contributed by atoms with van der Waals surface area (Å²) in [6.07, 6.45) is 7.04. The molecule has 1 amide bonds. The standard InChI is InChI=1S/C25H23IN6O2/c1-15(24-28-7-3-8-29-24)32(14-19-11-16-4-2-9-34-22(16)13-30-19)25(33)17-5-6-21-18(10-17)12-20(26)23(27)31-21/h3,5-8,10-13,15H,2,4,9,14H2,1H3,(H2,27,31). The molecule has 1 aliphatic heterocycles. The summed E-state index contributed by atoms with van der Waals surface area (Å²) in [4.78, 5) is 33.3. The Balaban J connectivity index is 1.51. The summed E-state index contributed by atoms with van der Waals surface area (Å²) in [7, 11) is 0. The molecule has 2 N–H and O–H groups in total. The second kappa shape index (κ2) is 9.49. The number of nitrogen functional groups attached to an aromatic ring is 1. The van der Waals surface area contributed by atoms with E-state index in [1.165, 1.54) is 0 Å². The van der Waals surface area contributed by atoms with Crippen molar-refractivity contribution in [2.24, 2.45) is 0 Å². The summed E-state index contributed by atoms with van der Waals surface area (Å²) in [6, 6.07) is 10.8. The number of ether oxygens (including phenoxy) is 1. The maximum atomic E-state index is 13.8. The van der Waals surface area contributed by atoms with E-state index in [0.717, 1.165) is 44.3 Å². The molecule has 0 aliphatic carbocycles. The van der Waals surface area contributed by atoms with Crippen LogP contribution in [0, 0.1) is 3.57 Å². The molecule has 8 nitrogen and oxygen atoms in total. The molecule has 0 bridgehead atoms. The maximum absolute atomic E-state index is 13.8. The van der Waals surface area contributed by atoms with Crippen LogP contribution in [-0.4, -0.2) is 37.3 Å². The summed E-state index contributed by atoms with van der Waals surface area (Å²) in [5.74, 6) is 1.74. The summed E-state index contributed by atoms with van der Waals surface area (Å²) in [5.41, 5.74) is 9.17. The molecule has 1 aliphatic rings. The number of aromatic nitrogens is 4. The average Bonchev–Trinajstić information content (AvgIpc) is 2.87. The molecular formula is C25H23IN6O2. The average molecular weight is 566 g/mol. The number of pyridine rings is 2. The number of nitrogens with zero attached hydrogens (tertiary/aromatic N) is 5. The van der Waals surface area contributed by atoms with Crippen molar-refractivity contribution < 1.29 is 9.53 Å². The highest BCUT2D eigenvalue weighted by molar-refractivity contribution is 14.1. The van der Waals surface area contributed by atoms with Gasteiger partial charge >= 0.3 is 0 Å². The van der Waals surface area contributed by atoms with Crippen LogP contribution in [-0.2, 0) is 13.0 Å². The zero-order valence-corrected chi connectivity index (χ0v) is 20.8. The van der Waals surface area contributed by atoms with Gasteiger partial charge < -0.3 is 15.4 Å². The fraction of sp³-hybridized carbons (Fsp3) is 0.240. The maximum Gasteiger partial charge on any atom is 0.254 e. The molecular weight excluding hydrogens is 543 g/mol. The van der Waals surface area contributed by atoms with Gasteiger partial charge in [-0.15, -0.1) is 0 Å². The van der Waals surface area contributed by atoms with Gasteiger partial charge in [-0.2, -0.15) is 0 Å². The van der Waals surface area contributed by atoms with E-state index in [-0.39, 0.29) is 11.9 Å². The van der Waals surface area contributed by atoms with E-state index in [1.54, 1.807) is 35.6 Å². The zero-order valence-electron chi connectivity index (χ0n) is 18.6. The highest BCUT2D eigenvalue weighted by Gasteiger charge is 2.26. The Morgan fingerprint density at radius 2 is 2.03 bits per heavy atom. The molecule has 0 saturated heterocycles. The lowest BCUT2D eigenvalue weighted by molar-refractivity contribution is 0.0663. The van der Waals surface area contributed by atoms with Gasteiger partial charge in [0.1, 0.15) is 17.4 Å². The Bertz CT molecular complexity index is 1360. The molecule has 1 unspecified atom stereocenters. The molecule has 4 aromatic rings. The van der Waals surface area contributed by atoms with E-state index in [1.807, 2.05) is 31.2 Å². The third-order valence-electron chi connectivity index (χ3n) is 5.92. The smallest absolute Gasteiger partial charge is 0.254 e. The summed E-state index contributed by atoms with van der Waals surface area (Å²) in [5, 5.41) is 0.858. The number of halogens is 1. The van der Waals surface area contributed by atoms with Crippen molar-refractivity contribution in [1.29, 1.82) is 0 Å². The third kappa shape index (κ3) is 4.52. The number of rotatable bonds is 5. The second-order valence-electron chi connectivity index (χ2n) is 8.21. The number of nitrogens with two attached hydrogens (primary N) is 1. The topological polar surface area (TPSA) is 107 Å². The van der Waals surface area contributed by atoms with E-state index in [2.05, 4.69) is 42.5 Å². The van der Waals surface area contributed by atoms with E-state index >= 15 is 0 Å². The van der Waals surface area contributed by atoms with Gasteiger partial charge in [0.2, 0.25) is 0 Å². The Kier molecular flexibility index (Phi) is 6.27. The lowest BCUT2D eigenvalue weighted by atomic mass is 10.1. The van der Waals surface area contributed by atoms with E-state index in [4.69, 9.17) is 10.5 Å². The van der Waals surface area contributed by atoms with Gasteiger partial charge in [0.05, 0.1) is 40.2 Å². The van der Waals surface area contributed by atoms with Gasteiger partial charge in [-0.05, 0) is 84.3 Å². The van der Waals surface area contributed by atoms with E-state index < -0.39 is 0 Å². The predicted octanol–water partition coefficient (Wildman–Crippen LogP) is 4.34. The highest BCUT2D eigenvalue weighted by Crippen LogP contribution is 2.28. The number of benzene rings is 1. The number of amides is 1. The first-order chi connectivity index (χ1) is 16.5. The van der Waals surface area contributed by atoms with Crippen LogP contribution in [0.1, 0.15) is 46.8 Å². The van der Waals surface area contributed by atoms with Crippen molar-refractivity contribution >= 4 is 45.2 Å². The Morgan fingerprint density at radius 1 is 1.21 bits per heavy atom. The van der Waals surface area contributed by atoms with Crippen LogP contribution in [0.3, 0.4) is 0 Å². The number of hydrogen-bond acceptors (Lipinski definition) is 7. The minimum atomic E-state index is -0.358. The zero-order chi connectivity index (χ0) is 23.7. The Hall–Kier alpha value is -3.34. The lowest BCUT2D eigenvalue weighted by Gasteiger charge is -2.29. The van der Waals surface area contributed by atoms with Crippen LogP contribution >= 0.6 is 22.6 Å². The van der Waals surface area contributed by atoms with Gasteiger partial charge in [0.15, 0.2) is 0 Å². The minimum absolute atomic E-state index is 0.135. The molecule has 172 valence electrons. The highest BCUT2D eigenvalue weighted by atomic mass is 127. The van der Waals surface area contributed by atoms with Gasteiger partial charge in [-0.3, -0.25) is 9.78 Å². The van der Waals surface area contributed by atoms with Gasteiger partial charge in [0.25, 0.3) is 5.91 Å². The molecule has 0 spiro atoms. The molecule has 4 heterocycles. The van der Waals surface area contributed by atoms with Gasteiger partial charge in [-0.1, -0.05) is 0 Å². The van der Waals surface area contributed by atoms with Crippen LogP contribution in [0.15, 0.2) is 55.0 Å². The number of carbonyl (C=O) groups excluding carboxylic acids is 1. The third-order valence-corrected chi connectivity index (χ3v) is 6.78. The number of carbonyl (C=O) groups is 1. The summed E-state index contributed by atoms with van der Waals surface area (Å²) >= 11 is 2.15. The Morgan fingerprint density at radius 3 is 2.85 bits per heavy atom. The number of hydrogen-bond donors (Lipinski definition) is 1. The van der Waals surface area contributed by atoms with Gasteiger partial charge in [0, 0.05) is 23.3 Å². The lowest BCUT2D eigenvalue weighted by Crippen LogP contribution is -2.34. The molecule has 0 saturated carbocycles. The summed E-state index contributed by atoms with van der Waals surface area (Å²) in [6.45, 7) is 2.96. The van der Waals surface area contributed by atoms with Crippen molar-refractivity contribution in [1.82, 2.24) is 24.8 Å². The van der Waals surface area contributed by atoms with Crippen molar-refractivity contribution in [2.45, 2.75) is 32.4 Å². The number of fused-ring (bicyclic) bond motifs is 2. The predicted molar refractivity (Wildman–Crippen MR) is 137 cm³/mol. The van der Waals surface area contributed by atoms with Crippen LogP contribution in [0.5, 0.6) is 5.75 Å². The SMILES string of the molecule is CC(c1ncccn1)N(Cc1cc2c(cn1)OCCC2)C(=O)c1ccc2nc(N)c(I)cc2c1. The number of aryl methyl sites for hydroxylation is 1. The van der Waals surface area contributed by atoms with Crippen LogP contribution in [0.25, 0.3) is 10.9 Å².